The summed E-state index contributed by atoms with van der Waals surface area (Å²) in [4.78, 5) is 12.8. The van der Waals surface area contributed by atoms with Crippen LogP contribution >= 0.6 is 0 Å². The van der Waals surface area contributed by atoms with Crippen molar-refractivity contribution in [1.82, 2.24) is 9.97 Å². The van der Waals surface area contributed by atoms with Gasteiger partial charge >= 0.3 is 0 Å². The number of amidine groups is 1. The molecule has 3 rings (SSSR count). The van der Waals surface area contributed by atoms with Crippen LogP contribution in [0.3, 0.4) is 0 Å². The second-order valence-electron chi connectivity index (χ2n) is 4.22. The predicted octanol–water partition coefficient (Wildman–Crippen LogP) is 2.02. The van der Waals surface area contributed by atoms with E-state index in [2.05, 4.69) is 20.3 Å². The molecule has 5 nitrogen and oxygen atoms in total. The van der Waals surface area contributed by atoms with E-state index in [1.54, 1.807) is 12.4 Å². The minimum Gasteiger partial charge on any atom is -0.369 e. The molecule has 19 heavy (non-hydrogen) atoms. The second kappa shape index (κ2) is 5.58. The third-order valence-electron chi connectivity index (χ3n) is 2.81. The maximum absolute atomic E-state index is 5.63. The summed E-state index contributed by atoms with van der Waals surface area (Å²) in [7, 11) is 0. The van der Waals surface area contributed by atoms with Gasteiger partial charge in [0.1, 0.15) is 18.1 Å². The van der Waals surface area contributed by atoms with Crippen LogP contribution in [0.5, 0.6) is 0 Å². The summed E-state index contributed by atoms with van der Waals surface area (Å²) < 4.78 is 5.63. The molecule has 96 valence electrons. The van der Waals surface area contributed by atoms with Gasteiger partial charge in [0.05, 0.1) is 13.2 Å². The topological polar surface area (TPSA) is 59.4 Å². The standard InChI is InChI=1S/C14H14N4O/c1-2-4-11(5-3-1)9-19-10-13-17-8-12-14(18-13)16-7-6-15-12/h1-7H,8-10H2,(H,16,17,18). The van der Waals surface area contributed by atoms with E-state index in [1.165, 1.54) is 0 Å². The number of rotatable bonds is 4. The zero-order valence-corrected chi connectivity index (χ0v) is 10.4. The van der Waals surface area contributed by atoms with Gasteiger partial charge in [-0.15, -0.1) is 0 Å². The van der Waals surface area contributed by atoms with Crippen LogP contribution in [0.25, 0.3) is 0 Å². The van der Waals surface area contributed by atoms with Crippen LogP contribution in [-0.4, -0.2) is 22.4 Å². The Bertz CT molecular complexity index is 583. The van der Waals surface area contributed by atoms with Gasteiger partial charge < -0.3 is 10.1 Å². The lowest BCUT2D eigenvalue weighted by molar-refractivity contribution is 0.157. The molecule has 2 aromatic rings. The molecule has 2 heterocycles. The van der Waals surface area contributed by atoms with Gasteiger partial charge in [-0.2, -0.15) is 0 Å². The number of anilines is 1. The molecule has 0 spiro atoms. The fraction of sp³-hybridized carbons (Fsp3) is 0.214. The monoisotopic (exact) mass is 254 g/mol. The van der Waals surface area contributed by atoms with E-state index in [9.17, 15) is 0 Å². The van der Waals surface area contributed by atoms with Gasteiger partial charge in [0.2, 0.25) is 0 Å². The molecule has 0 bridgehead atoms. The van der Waals surface area contributed by atoms with Crippen molar-refractivity contribution in [2.24, 2.45) is 4.99 Å². The Kier molecular flexibility index (Phi) is 3.47. The van der Waals surface area contributed by atoms with Crippen molar-refractivity contribution in [1.29, 1.82) is 0 Å². The first-order valence-electron chi connectivity index (χ1n) is 6.14. The van der Waals surface area contributed by atoms with E-state index in [4.69, 9.17) is 4.74 Å². The van der Waals surface area contributed by atoms with Crippen molar-refractivity contribution < 1.29 is 4.74 Å². The lowest BCUT2D eigenvalue weighted by Crippen LogP contribution is -2.24. The van der Waals surface area contributed by atoms with Crippen LogP contribution < -0.4 is 5.32 Å². The Balaban J connectivity index is 1.54. The normalized spacial score (nSPS) is 13.4. The number of ether oxygens (including phenoxy) is 1. The Hall–Kier alpha value is -2.27. The number of aromatic nitrogens is 2. The van der Waals surface area contributed by atoms with Crippen LogP contribution in [-0.2, 0) is 17.9 Å². The average Bonchev–Trinajstić information content (AvgIpc) is 2.48. The summed E-state index contributed by atoms with van der Waals surface area (Å²) in [5.74, 6) is 1.57. The fourth-order valence-corrected chi connectivity index (χ4v) is 1.85. The summed E-state index contributed by atoms with van der Waals surface area (Å²) in [6.07, 6.45) is 3.34. The smallest absolute Gasteiger partial charge is 0.155 e. The maximum Gasteiger partial charge on any atom is 0.155 e. The van der Waals surface area contributed by atoms with Crippen LogP contribution in [0.4, 0.5) is 5.82 Å². The lowest BCUT2D eigenvalue weighted by Gasteiger charge is -2.16. The SMILES string of the molecule is c1ccc(COCC2=NCc3nccnc3N2)cc1. The molecule has 1 N–H and O–H groups in total. The summed E-state index contributed by atoms with van der Waals surface area (Å²) in [5.41, 5.74) is 2.02. The zero-order chi connectivity index (χ0) is 12.9. The van der Waals surface area contributed by atoms with Gasteiger partial charge in [0, 0.05) is 12.4 Å². The number of nitrogens with one attached hydrogen (secondary N) is 1. The Morgan fingerprint density at radius 1 is 1.05 bits per heavy atom. The summed E-state index contributed by atoms with van der Waals surface area (Å²) in [6.45, 7) is 1.58. The van der Waals surface area contributed by atoms with Crippen molar-refractivity contribution in [2.75, 3.05) is 11.9 Å². The third-order valence-corrected chi connectivity index (χ3v) is 2.81. The zero-order valence-electron chi connectivity index (χ0n) is 10.4. The highest BCUT2D eigenvalue weighted by Gasteiger charge is 2.12. The molecule has 0 saturated heterocycles. The summed E-state index contributed by atoms with van der Waals surface area (Å²) in [5, 5.41) is 3.13. The number of hydrogen-bond donors (Lipinski definition) is 1. The van der Waals surface area contributed by atoms with Crippen LogP contribution in [0, 0.1) is 0 Å². The van der Waals surface area contributed by atoms with Gasteiger partial charge in [-0.05, 0) is 5.56 Å². The minimum absolute atomic E-state index is 0.449. The molecular formula is C14H14N4O. The molecule has 0 atom stereocenters. The highest BCUT2D eigenvalue weighted by molar-refractivity contribution is 5.97. The van der Waals surface area contributed by atoms with Gasteiger partial charge in [-0.25, -0.2) is 4.98 Å². The molecule has 1 aromatic heterocycles. The van der Waals surface area contributed by atoms with E-state index in [1.807, 2.05) is 30.3 Å². The number of nitrogens with zero attached hydrogens (tertiary/aromatic N) is 3. The molecule has 0 aliphatic carbocycles. The Morgan fingerprint density at radius 3 is 2.79 bits per heavy atom. The molecule has 0 radical (unpaired) electrons. The summed E-state index contributed by atoms with van der Waals surface area (Å²) >= 11 is 0. The Labute approximate surface area is 111 Å². The second-order valence-corrected chi connectivity index (χ2v) is 4.22. The predicted molar refractivity (Wildman–Crippen MR) is 72.9 cm³/mol. The molecule has 1 aliphatic heterocycles. The number of aliphatic imine (C=N–C) groups is 1. The van der Waals surface area contributed by atoms with E-state index in [0.717, 1.165) is 22.9 Å². The number of benzene rings is 1. The number of hydrogen-bond acceptors (Lipinski definition) is 5. The minimum atomic E-state index is 0.449. The maximum atomic E-state index is 5.63. The van der Waals surface area contributed by atoms with E-state index in [0.29, 0.717) is 19.8 Å². The molecular weight excluding hydrogens is 240 g/mol. The van der Waals surface area contributed by atoms with Crippen LogP contribution in [0.1, 0.15) is 11.3 Å². The highest BCUT2D eigenvalue weighted by atomic mass is 16.5. The van der Waals surface area contributed by atoms with Crippen molar-refractivity contribution >= 4 is 11.7 Å². The molecule has 0 amide bonds. The van der Waals surface area contributed by atoms with Crippen molar-refractivity contribution in [3.05, 3.63) is 54.0 Å². The molecule has 0 fully saturated rings. The first-order valence-corrected chi connectivity index (χ1v) is 6.14. The van der Waals surface area contributed by atoms with Gasteiger partial charge in [-0.3, -0.25) is 9.98 Å². The third kappa shape index (κ3) is 2.95. The fourth-order valence-electron chi connectivity index (χ4n) is 1.85. The van der Waals surface area contributed by atoms with Gasteiger partial charge in [0.15, 0.2) is 5.82 Å². The molecule has 1 aromatic carbocycles. The molecule has 0 unspecified atom stereocenters. The van der Waals surface area contributed by atoms with Crippen LogP contribution in [0.15, 0.2) is 47.7 Å². The van der Waals surface area contributed by atoms with E-state index in [-0.39, 0.29) is 0 Å². The highest BCUT2D eigenvalue weighted by Crippen LogP contribution is 2.14. The summed E-state index contributed by atoms with van der Waals surface area (Å²) in [6, 6.07) is 10.1. The molecule has 0 saturated carbocycles. The van der Waals surface area contributed by atoms with Gasteiger partial charge in [0.25, 0.3) is 0 Å². The quantitative estimate of drug-likeness (QED) is 0.906. The lowest BCUT2D eigenvalue weighted by atomic mass is 10.2. The number of fused-ring (bicyclic) bond motifs is 1. The van der Waals surface area contributed by atoms with Gasteiger partial charge in [-0.1, -0.05) is 30.3 Å². The van der Waals surface area contributed by atoms with Crippen molar-refractivity contribution in [3.8, 4) is 0 Å². The van der Waals surface area contributed by atoms with Crippen molar-refractivity contribution in [3.63, 3.8) is 0 Å². The van der Waals surface area contributed by atoms with Crippen molar-refractivity contribution in [2.45, 2.75) is 13.2 Å². The molecule has 5 heteroatoms. The Morgan fingerprint density at radius 2 is 1.89 bits per heavy atom. The van der Waals surface area contributed by atoms with E-state index >= 15 is 0 Å². The van der Waals surface area contributed by atoms with Crippen LogP contribution in [0.2, 0.25) is 0 Å². The average molecular weight is 254 g/mol. The first kappa shape index (κ1) is 11.8. The molecule has 1 aliphatic rings. The largest absolute Gasteiger partial charge is 0.369 e. The first-order chi connectivity index (χ1) is 9.42. The van der Waals surface area contributed by atoms with E-state index < -0.39 is 0 Å².